The van der Waals surface area contributed by atoms with Crippen molar-refractivity contribution in [2.45, 2.75) is 19.9 Å². The van der Waals surface area contributed by atoms with Crippen LogP contribution < -0.4 is 4.74 Å². The normalized spacial score (nSPS) is 10.4. The first kappa shape index (κ1) is 21.1. The van der Waals surface area contributed by atoms with Crippen molar-refractivity contribution in [3.8, 4) is 16.9 Å². The summed E-state index contributed by atoms with van der Waals surface area (Å²) in [5, 5.41) is 8.87. The number of hydrogen-bond acceptors (Lipinski definition) is 2. The number of carbonyl (C=O) groups is 1. The lowest BCUT2D eigenvalue weighted by molar-refractivity contribution is -0.136. The fourth-order valence-corrected chi connectivity index (χ4v) is 3.22. The van der Waals surface area contributed by atoms with Gasteiger partial charge < -0.3 is 14.4 Å². The molecule has 0 spiro atoms. The van der Waals surface area contributed by atoms with Crippen LogP contribution in [0.15, 0.2) is 79.0 Å². The number of nitrogens with zero attached hydrogens (tertiary/aromatic N) is 1. The molecule has 0 saturated heterocycles. The summed E-state index contributed by atoms with van der Waals surface area (Å²) in [6.45, 7) is 2.39. The first-order valence-corrected chi connectivity index (χ1v) is 9.71. The molecule has 0 saturated carbocycles. The molecule has 0 radical (unpaired) electrons. The van der Waals surface area contributed by atoms with Crippen LogP contribution in [0.25, 0.3) is 22.0 Å². The van der Waals surface area contributed by atoms with Crippen molar-refractivity contribution in [2.24, 2.45) is 0 Å². The molecule has 4 aromatic rings. The van der Waals surface area contributed by atoms with Crippen molar-refractivity contribution in [1.82, 2.24) is 4.57 Å². The highest BCUT2D eigenvalue weighted by Gasteiger charge is 2.12. The van der Waals surface area contributed by atoms with E-state index in [1.54, 1.807) is 19.1 Å². The number of carboxylic acids is 1. The number of para-hydroxylation sites is 1. The third kappa shape index (κ3) is 4.87. The van der Waals surface area contributed by atoms with Crippen molar-refractivity contribution < 1.29 is 19.0 Å². The molecular weight excluding hydrogens is 381 g/mol. The smallest absolute Gasteiger partial charge is 0.303 e. The maximum Gasteiger partial charge on any atom is 0.303 e. The van der Waals surface area contributed by atoms with Gasteiger partial charge in [-0.1, -0.05) is 61.5 Å². The minimum atomic E-state index is -0.745. The van der Waals surface area contributed by atoms with Gasteiger partial charge in [0.2, 0.25) is 0 Å². The van der Waals surface area contributed by atoms with Gasteiger partial charge in [-0.15, -0.1) is 0 Å². The van der Waals surface area contributed by atoms with E-state index in [4.69, 9.17) is 9.84 Å². The Balaban J connectivity index is 0.000000461. The molecule has 0 amide bonds. The van der Waals surface area contributed by atoms with Gasteiger partial charge >= 0.3 is 5.97 Å². The fourth-order valence-electron chi connectivity index (χ4n) is 3.22. The van der Waals surface area contributed by atoms with Gasteiger partial charge in [-0.3, -0.25) is 4.79 Å². The highest BCUT2D eigenvalue weighted by molar-refractivity contribution is 5.96. The minimum absolute atomic E-state index is 0.222. The third-order valence-electron chi connectivity index (χ3n) is 4.75. The quantitative estimate of drug-likeness (QED) is 0.444. The number of carboxylic acid groups (broad SMARTS) is 1. The van der Waals surface area contributed by atoms with E-state index < -0.39 is 5.97 Å². The number of ether oxygens (including phenoxy) is 1. The third-order valence-corrected chi connectivity index (χ3v) is 4.75. The zero-order valence-electron chi connectivity index (χ0n) is 17.0. The molecule has 154 valence electrons. The predicted octanol–water partition coefficient (Wildman–Crippen LogP) is 5.99. The summed E-state index contributed by atoms with van der Waals surface area (Å²) >= 11 is 0. The van der Waals surface area contributed by atoms with E-state index in [-0.39, 0.29) is 18.0 Å². The highest BCUT2D eigenvalue weighted by atomic mass is 19.1. The van der Waals surface area contributed by atoms with Crippen LogP contribution in [0.3, 0.4) is 0 Å². The number of hydrogen-bond donors (Lipinski definition) is 1. The van der Waals surface area contributed by atoms with Crippen LogP contribution in [-0.4, -0.2) is 22.8 Å². The monoisotopic (exact) mass is 405 g/mol. The molecule has 1 aromatic heterocycles. The first-order chi connectivity index (χ1) is 14.5. The summed E-state index contributed by atoms with van der Waals surface area (Å²) in [6, 6.07) is 23.6. The van der Waals surface area contributed by atoms with E-state index in [0.717, 1.165) is 28.6 Å². The summed E-state index contributed by atoms with van der Waals surface area (Å²) in [5.74, 6) is -0.832. The van der Waals surface area contributed by atoms with Crippen LogP contribution in [0.2, 0.25) is 0 Å². The zero-order valence-corrected chi connectivity index (χ0v) is 17.0. The Hall–Kier alpha value is -3.60. The zero-order chi connectivity index (χ0) is 21.5. The topological polar surface area (TPSA) is 51.5 Å². The van der Waals surface area contributed by atoms with Crippen LogP contribution >= 0.6 is 0 Å². The van der Waals surface area contributed by atoms with Gasteiger partial charge in [-0.05, 0) is 29.3 Å². The van der Waals surface area contributed by atoms with Crippen LogP contribution in [0, 0.1) is 5.82 Å². The Bertz CT molecular complexity index is 1140. The molecule has 1 N–H and O–H groups in total. The summed E-state index contributed by atoms with van der Waals surface area (Å²) < 4.78 is 21.1. The minimum Gasteiger partial charge on any atom is -0.494 e. The van der Waals surface area contributed by atoms with Gasteiger partial charge in [0.25, 0.3) is 0 Å². The largest absolute Gasteiger partial charge is 0.494 e. The maximum atomic E-state index is 13.8. The van der Waals surface area contributed by atoms with Gasteiger partial charge in [-0.25, -0.2) is 4.39 Å². The van der Waals surface area contributed by atoms with Crippen molar-refractivity contribution in [1.29, 1.82) is 0 Å². The number of aliphatic carboxylic acids is 1. The standard InChI is InChI=1S/C22H18FNO.C3H6O2/c1-25-22-13-17(11-12-20(22)23)19-15-24(14-16-7-3-2-4-8-16)21-10-6-5-9-18(19)21;1-2-3(4)5/h2-13,15H,14H2,1H3;2H2,1H3,(H,4,5). The van der Waals surface area contributed by atoms with Gasteiger partial charge in [0, 0.05) is 35.6 Å². The van der Waals surface area contributed by atoms with E-state index in [1.165, 1.54) is 18.7 Å². The molecule has 0 bridgehead atoms. The summed E-state index contributed by atoms with van der Waals surface area (Å²) in [6.07, 6.45) is 2.35. The second-order valence-corrected chi connectivity index (χ2v) is 6.77. The molecule has 0 fully saturated rings. The maximum absolute atomic E-state index is 13.8. The van der Waals surface area contributed by atoms with Crippen LogP contribution in [0.5, 0.6) is 5.75 Å². The van der Waals surface area contributed by atoms with Crippen molar-refractivity contribution in [3.63, 3.8) is 0 Å². The van der Waals surface area contributed by atoms with Crippen molar-refractivity contribution in [3.05, 3.63) is 90.4 Å². The van der Waals surface area contributed by atoms with Crippen molar-refractivity contribution in [2.75, 3.05) is 7.11 Å². The number of benzene rings is 3. The number of aromatic nitrogens is 1. The van der Waals surface area contributed by atoms with E-state index in [1.807, 2.05) is 30.3 Å². The average molecular weight is 405 g/mol. The molecule has 1 heterocycles. The molecule has 0 aliphatic heterocycles. The molecule has 0 aliphatic carbocycles. The molecule has 0 unspecified atom stereocenters. The summed E-state index contributed by atoms with van der Waals surface area (Å²) in [5.41, 5.74) is 4.42. The summed E-state index contributed by atoms with van der Waals surface area (Å²) in [7, 11) is 1.49. The molecule has 0 atom stereocenters. The molecule has 0 aliphatic rings. The Morgan fingerprint density at radius 2 is 1.70 bits per heavy atom. The van der Waals surface area contributed by atoms with Gasteiger partial charge in [0.15, 0.2) is 11.6 Å². The van der Waals surface area contributed by atoms with E-state index in [0.29, 0.717) is 0 Å². The van der Waals surface area contributed by atoms with Crippen LogP contribution in [-0.2, 0) is 11.3 Å². The van der Waals surface area contributed by atoms with Gasteiger partial charge in [-0.2, -0.15) is 0 Å². The van der Waals surface area contributed by atoms with E-state index in [9.17, 15) is 9.18 Å². The molecule has 5 heteroatoms. The lowest BCUT2D eigenvalue weighted by Gasteiger charge is -2.05. The number of methoxy groups -OCH3 is 1. The second-order valence-electron chi connectivity index (χ2n) is 6.77. The van der Waals surface area contributed by atoms with Crippen molar-refractivity contribution >= 4 is 16.9 Å². The lowest BCUT2D eigenvalue weighted by atomic mass is 10.0. The highest BCUT2D eigenvalue weighted by Crippen LogP contribution is 2.33. The number of rotatable bonds is 5. The van der Waals surface area contributed by atoms with Gasteiger partial charge in [0.1, 0.15) is 0 Å². The average Bonchev–Trinajstić information content (AvgIpc) is 3.14. The van der Waals surface area contributed by atoms with Gasteiger partial charge in [0.05, 0.1) is 7.11 Å². The van der Waals surface area contributed by atoms with E-state index >= 15 is 0 Å². The SMILES string of the molecule is CCC(=O)O.COc1cc(-c2cn(Cc3ccccc3)c3ccccc23)ccc1F. The molecule has 4 rings (SSSR count). The summed E-state index contributed by atoms with van der Waals surface area (Å²) in [4.78, 5) is 9.37. The Kier molecular flexibility index (Phi) is 6.86. The first-order valence-electron chi connectivity index (χ1n) is 9.71. The number of halogens is 1. The Labute approximate surface area is 175 Å². The van der Waals surface area contributed by atoms with Crippen LogP contribution in [0.1, 0.15) is 18.9 Å². The van der Waals surface area contributed by atoms with E-state index in [2.05, 4.69) is 35.0 Å². The Morgan fingerprint density at radius 3 is 2.37 bits per heavy atom. The number of fused-ring (bicyclic) bond motifs is 1. The lowest BCUT2D eigenvalue weighted by Crippen LogP contribution is -1.97. The fraction of sp³-hybridized carbons (Fsp3) is 0.160. The Morgan fingerprint density at radius 1 is 1.03 bits per heavy atom. The molecule has 3 aromatic carbocycles. The molecule has 4 nitrogen and oxygen atoms in total. The van der Waals surface area contributed by atoms with Crippen LogP contribution in [0.4, 0.5) is 4.39 Å². The predicted molar refractivity (Wildman–Crippen MR) is 117 cm³/mol. The molecule has 30 heavy (non-hydrogen) atoms. The molecular formula is C25H24FNO3. The second kappa shape index (κ2) is 9.74.